The van der Waals surface area contributed by atoms with Crippen LogP contribution in [0.15, 0.2) is 30.5 Å². The third-order valence-corrected chi connectivity index (χ3v) is 2.79. The van der Waals surface area contributed by atoms with Crippen LogP contribution in [0.5, 0.6) is 0 Å². The number of aromatic nitrogens is 2. The van der Waals surface area contributed by atoms with Gasteiger partial charge in [0.2, 0.25) is 0 Å². The largest absolute Gasteiger partial charge is 0.396 e. The molecule has 2 amide bonds. The molecule has 0 aliphatic carbocycles. The van der Waals surface area contributed by atoms with E-state index in [1.807, 2.05) is 6.92 Å². The SMILES string of the molecule is CCNC(=O)c1cccc(NC(=O)c2nn(C)cc2N)c1. The van der Waals surface area contributed by atoms with Crippen molar-refractivity contribution in [2.45, 2.75) is 6.92 Å². The summed E-state index contributed by atoms with van der Waals surface area (Å²) < 4.78 is 1.47. The van der Waals surface area contributed by atoms with E-state index in [4.69, 9.17) is 5.73 Å². The van der Waals surface area contributed by atoms with Gasteiger partial charge in [0, 0.05) is 31.0 Å². The van der Waals surface area contributed by atoms with Gasteiger partial charge in [-0.15, -0.1) is 0 Å². The Morgan fingerprint density at radius 2 is 2.10 bits per heavy atom. The van der Waals surface area contributed by atoms with Crippen LogP contribution >= 0.6 is 0 Å². The van der Waals surface area contributed by atoms with Gasteiger partial charge in [-0.05, 0) is 25.1 Å². The highest BCUT2D eigenvalue weighted by molar-refractivity contribution is 6.06. The Bertz CT molecular complexity index is 678. The molecule has 0 saturated carbocycles. The molecule has 1 aromatic carbocycles. The van der Waals surface area contributed by atoms with Gasteiger partial charge in [-0.1, -0.05) is 6.07 Å². The highest BCUT2D eigenvalue weighted by Gasteiger charge is 2.14. The molecule has 4 N–H and O–H groups in total. The Labute approximate surface area is 122 Å². The minimum Gasteiger partial charge on any atom is -0.396 e. The Morgan fingerprint density at radius 3 is 2.71 bits per heavy atom. The van der Waals surface area contributed by atoms with Crippen LogP contribution < -0.4 is 16.4 Å². The van der Waals surface area contributed by atoms with Crippen molar-refractivity contribution >= 4 is 23.2 Å². The van der Waals surface area contributed by atoms with Crippen molar-refractivity contribution in [2.24, 2.45) is 7.05 Å². The topological polar surface area (TPSA) is 102 Å². The molecule has 0 radical (unpaired) electrons. The first-order valence-electron chi connectivity index (χ1n) is 6.50. The average Bonchev–Trinajstić information content (AvgIpc) is 2.78. The zero-order chi connectivity index (χ0) is 15.4. The zero-order valence-electron chi connectivity index (χ0n) is 11.9. The summed E-state index contributed by atoms with van der Waals surface area (Å²) >= 11 is 0. The van der Waals surface area contributed by atoms with E-state index in [0.717, 1.165) is 0 Å². The predicted octanol–water partition coefficient (Wildman–Crippen LogP) is 1.00. The molecule has 0 aliphatic heterocycles. The maximum atomic E-state index is 12.1. The summed E-state index contributed by atoms with van der Waals surface area (Å²) in [6, 6.07) is 6.67. The molecule has 1 heterocycles. The van der Waals surface area contributed by atoms with Gasteiger partial charge < -0.3 is 16.4 Å². The number of carbonyl (C=O) groups excluding carboxylic acids is 2. The van der Waals surface area contributed by atoms with Crippen LogP contribution in [0.25, 0.3) is 0 Å². The molecule has 0 unspecified atom stereocenters. The second kappa shape index (κ2) is 6.08. The minimum absolute atomic E-state index is 0.154. The van der Waals surface area contributed by atoms with Crippen molar-refractivity contribution in [3.05, 3.63) is 41.7 Å². The number of nitrogens with two attached hydrogens (primary N) is 1. The Hall–Kier alpha value is -2.83. The van der Waals surface area contributed by atoms with E-state index in [1.54, 1.807) is 37.5 Å². The van der Waals surface area contributed by atoms with E-state index < -0.39 is 5.91 Å². The molecule has 21 heavy (non-hydrogen) atoms. The number of benzene rings is 1. The van der Waals surface area contributed by atoms with Crippen LogP contribution in [0.3, 0.4) is 0 Å². The highest BCUT2D eigenvalue weighted by Crippen LogP contribution is 2.14. The Morgan fingerprint density at radius 1 is 1.33 bits per heavy atom. The van der Waals surface area contributed by atoms with Gasteiger partial charge in [-0.2, -0.15) is 5.10 Å². The van der Waals surface area contributed by atoms with Gasteiger partial charge in [-0.25, -0.2) is 0 Å². The fourth-order valence-corrected chi connectivity index (χ4v) is 1.87. The molecular formula is C14H17N5O2. The molecule has 110 valence electrons. The summed E-state index contributed by atoms with van der Waals surface area (Å²) in [7, 11) is 1.68. The van der Waals surface area contributed by atoms with Crippen molar-refractivity contribution < 1.29 is 9.59 Å². The fraction of sp³-hybridized carbons (Fsp3) is 0.214. The first kappa shape index (κ1) is 14.6. The first-order chi connectivity index (χ1) is 10.0. The van der Waals surface area contributed by atoms with Gasteiger partial charge in [0.1, 0.15) is 0 Å². The van der Waals surface area contributed by atoms with Crippen molar-refractivity contribution in [3.63, 3.8) is 0 Å². The molecule has 7 nitrogen and oxygen atoms in total. The third-order valence-electron chi connectivity index (χ3n) is 2.79. The number of carbonyl (C=O) groups is 2. The molecule has 0 saturated heterocycles. The summed E-state index contributed by atoms with van der Waals surface area (Å²) in [6.45, 7) is 2.38. The van der Waals surface area contributed by atoms with Gasteiger partial charge in [-0.3, -0.25) is 14.3 Å². The molecule has 0 fully saturated rings. The number of nitrogens with zero attached hydrogens (tertiary/aromatic N) is 2. The average molecular weight is 287 g/mol. The molecule has 2 rings (SSSR count). The second-order valence-corrected chi connectivity index (χ2v) is 4.50. The van der Waals surface area contributed by atoms with E-state index in [1.165, 1.54) is 4.68 Å². The first-order valence-corrected chi connectivity index (χ1v) is 6.50. The number of amides is 2. The molecule has 0 atom stereocenters. The number of rotatable bonds is 4. The van der Waals surface area contributed by atoms with E-state index in [-0.39, 0.29) is 11.6 Å². The van der Waals surface area contributed by atoms with Crippen LogP contribution in [-0.4, -0.2) is 28.1 Å². The summed E-state index contributed by atoms with van der Waals surface area (Å²) in [4.78, 5) is 23.8. The number of hydrogen-bond donors (Lipinski definition) is 3. The standard InChI is InChI=1S/C14H17N5O2/c1-3-16-13(20)9-5-4-6-10(7-9)17-14(21)12-11(15)8-19(2)18-12/h4-8H,3,15H2,1-2H3,(H,16,20)(H,17,21). The zero-order valence-corrected chi connectivity index (χ0v) is 11.9. The lowest BCUT2D eigenvalue weighted by atomic mass is 10.2. The highest BCUT2D eigenvalue weighted by atomic mass is 16.2. The minimum atomic E-state index is -0.416. The predicted molar refractivity (Wildman–Crippen MR) is 80.0 cm³/mol. The molecule has 0 bridgehead atoms. The van der Waals surface area contributed by atoms with Crippen molar-refractivity contribution in [1.82, 2.24) is 15.1 Å². The molecule has 1 aromatic heterocycles. The fourth-order valence-electron chi connectivity index (χ4n) is 1.87. The number of aryl methyl sites for hydroxylation is 1. The Kier molecular flexibility index (Phi) is 4.22. The normalized spacial score (nSPS) is 10.2. The molecule has 2 aromatic rings. The second-order valence-electron chi connectivity index (χ2n) is 4.50. The van der Waals surface area contributed by atoms with Crippen molar-refractivity contribution in [3.8, 4) is 0 Å². The third kappa shape index (κ3) is 3.38. The maximum absolute atomic E-state index is 12.1. The van der Waals surface area contributed by atoms with Gasteiger partial charge >= 0.3 is 0 Å². The molecule has 0 aliphatic rings. The van der Waals surface area contributed by atoms with Crippen LogP contribution in [0.1, 0.15) is 27.8 Å². The lowest BCUT2D eigenvalue weighted by Crippen LogP contribution is -2.23. The van der Waals surface area contributed by atoms with Crippen molar-refractivity contribution in [1.29, 1.82) is 0 Å². The van der Waals surface area contributed by atoms with Gasteiger partial charge in [0.15, 0.2) is 5.69 Å². The van der Waals surface area contributed by atoms with Crippen LogP contribution in [-0.2, 0) is 7.05 Å². The van der Waals surface area contributed by atoms with E-state index >= 15 is 0 Å². The van der Waals surface area contributed by atoms with Crippen LogP contribution in [0.4, 0.5) is 11.4 Å². The lowest BCUT2D eigenvalue weighted by Gasteiger charge is -2.06. The maximum Gasteiger partial charge on any atom is 0.278 e. The smallest absolute Gasteiger partial charge is 0.278 e. The molecular weight excluding hydrogens is 270 g/mol. The van der Waals surface area contributed by atoms with E-state index in [2.05, 4.69) is 15.7 Å². The van der Waals surface area contributed by atoms with E-state index in [0.29, 0.717) is 23.5 Å². The number of hydrogen-bond acceptors (Lipinski definition) is 4. The quantitative estimate of drug-likeness (QED) is 0.780. The summed E-state index contributed by atoms with van der Waals surface area (Å²) in [5.41, 5.74) is 7.14. The van der Waals surface area contributed by atoms with Crippen LogP contribution in [0.2, 0.25) is 0 Å². The molecule has 7 heteroatoms. The van der Waals surface area contributed by atoms with E-state index in [9.17, 15) is 9.59 Å². The van der Waals surface area contributed by atoms with Gasteiger partial charge in [0.05, 0.1) is 5.69 Å². The van der Waals surface area contributed by atoms with Crippen molar-refractivity contribution in [2.75, 3.05) is 17.6 Å². The summed E-state index contributed by atoms with van der Waals surface area (Å²) in [5.74, 6) is -0.605. The monoisotopic (exact) mass is 287 g/mol. The number of anilines is 2. The van der Waals surface area contributed by atoms with Gasteiger partial charge in [0.25, 0.3) is 11.8 Å². The lowest BCUT2D eigenvalue weighted by molar-refractivity contribution is 0.0954. The summed E-state index contributed by atoms with van der Waals surface area (Å²) in [5, 5.41) is 9.37. The number of nitrogen functional groups attached to an aromatic ring is 1. The molecule has 0 spiro atoms. The number of nitrogens with one attached hydrogen (secondary N) is 2. The summed E-state index contributed by atoms with van der Waals surface area (Å²) in [6.07, 6.45) is 1.56. The van der Waals surface area contributed by atoms with Crippen LogP contribution in [0, 0.1) is 0 Å². The Balaban J connectivity index is 2.16.